The lowest BCUT2D eigenvalue weighted by molar-refractivity contribution is -0.135. The Balaban J connectivity index is 1.96. The zero-order valence-corrected chi connectivity index (χ0v) is 9.88. The molecule has 1 N–H and O–H groups in total. The van der Waals surface area contributed by atoms with E-state index in [9.17, 15) is 4.79 Å². The van der Waals surface area contributed by atoms with Crippen LogP contribution in [0.3, 0.4) is 0 Å². The molecule has 1 amide bonds. The van der Waals surface area contributed by atoms with Crippen LogP contribution in [-0.2, 0) is 11.2 Å². The Morgan fingerprint density at radius 3 is 2.65 bits per heavy atom. The van der Waals surface area contributed by atoms with Crippen molar-refractivity contribution < 1.29 is 9.90 Å². The number of pyridine rings is 1. The standard InChI is InChI=1S/C13H18N2O2/c16-9-8-15(12-2-1-3-12)13(17)10-11-4-6-14-7-5-11/h4-7,12,16H,1-3,8-10H2. The number of carbonyl (C=O) groups is 1. The number of hydrogen-bond donors (Lipinski definition) is 1. The molecule has 0 unspecified atom stereocenters. The topological polar surface area (TPSA) is 53.4 Å². The maximum atomic E-state index is 12.1. The number of carbonyl (C=O) groups excluding carboxylic acids is 1. The highest BCUT2D eigenvalue weighted by atomic mass is 16.3. The van der Waals surface area contributed by atoms with E-state index in [0.29, 0.717) is 19.0 Å². The summed E-state index contributed by atoms with van der Waals surface area (Å²) in [5.74, 6) is 0.106. The van der Waals surface area contributed by atoms with E-state index in [4.69, 9.17) is 5.11 Å². The Kier molecular flexibility index (Phi) is 4.09. The second kappa shape index (κ2) is 5.77. The van der Waals surface area contributed by atoms with Crippen LogP contribution in [0, 0.1) is 0 Å². The van der Waals surface area contributed by atoms with Gasteiger partial charge in [-0.3, -0.25) is 9.78 Å². The normalized spacial score (nSPS) is 15.4. The van der Waals surface area contributed by atoms with Crippen molar-refractivity contribution in [1.82, 2.24) is 9.88 Å². The van der Waals surface area contributed by atoms with Gasteiger partial charge in [-0.05, 0) is 37.0 Å². The highest BCUT2D eigenvalue weighted by Crippen LogP contribution is 2.25. The summed E-state index contributed by atoms with van der Waals surface area (Å²) in [6.07, 6.45) is 7.13. The number of aliphatic hydroxyl groups is 1. The lowest BCUT2D eigenvalue weighted by Gasteiger charge is -2.37. The van der Waals surface area contributed by atoms with Crippen molar-refractivity contribution in [2.24, 2.45) is 0 Å². The van der Waals surface area contributed by atoms with Gasteiger partial charge in [0.1, 0.15) is 0 Å². The average Bonchev–Trinajstić information content (AvgIpc) is 2.27. The highest BCUT2D eigenvalue weighted by Gasteiger charge is 2.27. The van der Waals surface area contributed by atoms with E-state index in [0.717, 1.165) is 18.4 Å². The summed E-state index contributed by atoms with van der Waals surface area (Å²) < 4.78 is 0. The molecule has 0 aliphatic heterocycles. The van der Waals surface area contributed by atoms with Crippen LogP contribution in [0.1, 0.15) is 24.8 Å². The Hall–Kier alpha value is -1.42. The summed E-state index contributed by atoms with van der Waals surface area (Å²) in [6, 6.07) is 4.06. The molecule has 4 nitrogen and oxygen atoms in total. The molecule has 0 aromatic carbocycles. The van der Waals surface area contributed by atoms with Gasteiger partial charge in [-0.2, -0.15) is 0 Å². The minimum atomic E-state index is 0.0403. The lowest BCUT2D eigenvalue weighted by atomic mass is 9.91. The third-order valence-corrected chi connectivity index (χ3v) is 3.28. The summed E-state index contributed by atoms with van der Waals surface area (Å²) in [7, 11) is 0. The molecule has 1 aliphatic carbocycles. The van der Waals surface area contributed by atoms with Gasteiger partial charge >= 0.3 is 0 Å². The van der Waals surface area contributed by atoms with Gasteiger partial charge in [0.05, 0.1) is 13.0 Å². The van der Waals surface area contributed by atoms with Crippen LogP contribution >= 0.6 is 0 Å². The minimum Gasteiger partial charge on any atom is -0.395 e. The number of amides is 1. The second-order valence-corrected chi connectivity index (χ2v) is 4.43. The molecule has 1 heterocycles. The molecule has 0 radical (unpaired) electrons. The quantitative estimate of drug-likeness (QED) is 0.827. The Morgan fingerprint density at radius 2 is 2.12 bits per heavy atom. The van der Waals surface area contributed by atoms with Crippen LogP contribution in [0.2, 0.25) is 0 Å². The molecule has 1 aliphatic rings. The van der Waals surface area contributed by atoms with E-state index in [-0.39, 0.29) is 12.5 Å². The molecule has 1 aromatic rings. The molecule has 0 bridgehead atoms. The first kappa shape index (κ1) is 12.0. The summed E-state index contributed by atoms with van der Waals surface area (Å²) in [4.78, 5) is 17.9. The van der Waals surface area contributed by atoms with Gasteiger partial charge in [-0.25, -0.2) is 0 Å². The van der Waals surface area contributed by atoms with Crippen LogP contribution in [0.25, 0.3) is 0 Å². The van der Waals surface area contributed by atoms with Crippen molar-refractivity contribution in [3.8, 4) is 0 Å². The lowest BCUT2D eigenvalue weighted by Crippen LogP contribution is -2.46. The fourth-order valence-electron chi connectivity index (χ4n) is 2.09. The fraction of sp³-hybridized carbons (Fsp3) is 0.538. The molecule has 4 heteroatoms. The summed E-state index contributed by atoms with van der Waals surface area (Å²) in [6.45, 7) is 0.493. The van der Waals surface area contributed by atoms with Gasteiger partial charge in [0.2, 0.25) is 5.91 Å². The number of aliphatic hydroxyl groups excluding tert-OH is 1. The average molecular weight is 234 g/mol. The van der Waals surface area contributed by atoms with Crippen molar-refractivity contribution in [2.45, 2.75) is 31.7 Å². The summed E-state index contributed by atoms with van der Waals surface area (Å²) in [5.41, 5.74) is 0.979. The maximum absolute atomic E-state index is 12.1. The maximum Gasteiger partial charge on any atom is 0.227 e. The third-order valence-electron chi connectivity index (χ3n) is 3.28. The number of aromatic nitrogens is 1. The molecule has 0 atom stereocenters. The van der Waals surface area contributed by atoms with Gasteiger partial charge in [0, 0.05) is 25.0 Å². The fourth-order valence-corrected chi connectivity index (χ4v) is 2.09. The molecular weight excluding hydrogens is 216 g/mol. The predicted molar refractivity (Wildman–Crippen MR) is 64.4 cm³/mol. The minimum absolute atomic E-state index is 0.0403. The molecule has 17 heavy (non-hydrogen) atoms. The molecule has 1 fully saturated rings. The van der Waals surface area contributed by atoms with Crippen LogP contribution < -0.4 is 0 Å². The van der Waals surface area contributed by atoms with Gasteiger partial charge in [-0.1, -0.05) is 0 Å². The van der Waals surface area contributed by atoms with Crippen LogP contribution in [0.5, 0.6) is 0 Å². The first-order valence-electron chi connectivity index (χ1n) is 6.10. The van der Waals surface area contributed by atoms with Crippen LogP contribution in [0.4, 0.5) is 0 Å². The zero-order chi connectivity index (χ0) is 12.1. The number of rotatable bonds is 5. The van der Waals surface area contributed by atoms with Gasteiger partial charge in [0.25, 0.3) is 0 Å². The van der Waals surface area contributed by atoms with E-state index in [2.05, 4.69) is 4.98 Å². The Morgan fingerprint density at radius 1 is 1.41 bits per heavy atom. The Bertz CT molecular complexity index is 363. The zero-order valence-electron chi connectivity index (χ0n) is 9.88. The van der Waals surface area contributed by atoms with E-state index < -0.39 is 0 Å². The largest absolute Gasteiger partial charge is 0.395 e. The monoisotopic (exact) mass is 234 g/mol. The predicted octanol–water partition coefficient (Wildman–Crippen LogP) is 0.998. The van der Waals surface area contributed by atoms with E-state index in [1.165, 1.54) is 6.42 Å². The highest BCUT2D eigenvalue weighted by molar-refractivity contribution is 5.79. The third kappa shape index (κ3) is 3.03. The van der Waals surface area contributed by atoms with Crippen molar-refractivity contribution in [3.05, 3.63) is 30.1 Å². The second-order valence-electron chi connectivity index (χ2n) is 4.43. The summed E-state index contributed by atoms with van der Waals surface area (Å²) >= 11 is 0. The molecule has 92 valence electrons. The van der Waals surface area contributed by atoms with Crippen molar-refractivity contribution in [2.75, 3.05) is 13.2 Å². The molecule has 0 saturated heterocycles. The SMILES string of the molecule is O=C(Cc1ccncc1)N(CCO)C1CCC1. The van der Waals surface area contributed by atoms with E-state index in [1.54, 1.807) is 12.4 Å². The molecule has 2 rings (SSSR count). The van der Waals surface area contributed by atoms with Crippen molar-refractivity contribution in [1.29, 1.82) is 0 Å². The van der Waals surface area contributed by atoms with Gasteiger partial charge in [-0.15, -0.1) is 0 Å². The summed E-state index contributed by atoms with van der Waals surface area (Å²) in [5, 5.41) is 9.02. The van der Waals surface area contributed by atoms with Crippen LogP contribution in [-0.4, -0.2) is 40.1 Å². The van der Waals surface area contributed by atoms with Crippen LogP contribution in [0.15, 0.2) is 24.5 Å². The number of hydrogen-bond acceptors (Lipinski definition) is 3. The smallest absolute Gasteiger partial charge is 0.227 e. The van der Waals surface area contributed by atoms with Gasteiger partial charge in [0.15, 0.2) is 0 Å². The van der Waals surface area contributed by atoms with Crippen molar-refractivity contribution >= 4 is 5.91 Å². The van der Waals surface area contributed by atoms with E-state index >= 15 is 0 Å². The first-order chi connectivity index (χ1) is 8.31. The first-order valence-corrected chi connectivity index (χ1v) is 6.10. The Labute approximate surface area is 101 Å². The number of nitrogens with zero attached hydrogens (tertiary/aromatic N) is 2. The molecule has 1 saturated carbocycles. The van der Waals surface area contributed by atoms with E-state index in [1.807, 2.05) is 17.0 Å². The molecular formula is C13H18N2O2. The molecule has 1 aromatic heterocycles. The van der Waals surface area contributed by atoms with Crippen molar-refractivity contribution in [3.63, 3.8) is 0 Å². The molecule has 0 spiro atoms. The van der Waals surface area contributed by atoms with Gasteiger partial charge < -0.3 is 10.0 Å².